The molecule has 0 aliphatic rings. The molecule has 21 heavy (non-hydrogen) atoms. The maximum absolute atomic E-state index is 9.07. The summed E-state index contributed by atoms with van der Waals surface area (Å²) >= 11 is 1.71. The maximum Gasteiger partial charge on any atom is 0.205 e. The molecule has 0 saturated heterocycles. The molecule has 0 atom stereocenters. The lowest BCUT2D eigenvalue weighted by Crippen LogP contribution is -2.00. The lowest BCUT2D eigenvalue weighted by Gasteiger charge is -2.07. The van der Waals surface area contributed by atoms with Crippen LogP contribution in [0.25, 0.3) is 26.8 Å². The number of rotatable bonds is 1. The van der Waals surface area contributed by atoms with Gasteiger partial charge < -0.3 is 5.73 Å². The van der Waals surface area contributed by atoms with Crippen LogP contribution in [0.3, 0.4) is 0 Å². The summed E-state index contributed by atoms with van der Waals surface area (Å²) in [6, 6.07) is 15.8. The zero-order valence-electron chi connectivity index (χ0n) is 10.9. The number of fused-ring (bicyclic) bond motifs is 2. The average molecular weight is 290 g/mol. The minimum atomic E-state index is 0.426. The average Bonchev–Trinajstić information content (AvgIpc) is 3.08. The van der Waals surface area contributed by atoms with E-state index in [0.29, 0.717) is 11.5 Å². The Balaban J connectivity index is 2.04. The molecular formula is C16H10N4S. The number of nitriles is 1. The smallest absolute Gasteiger partial charge is 0.205 e. The van der Waals surface area contributed by atoms with E-state index in [2.05, 4.69) is 34.6 Å². The summed E-state index contributed by atoms with van der Waals surface area (Å²) in [5, 5.41) is 12.3. The lowest BCUT2D eigenvalue weighted by atomic mass is 10.2. The van der Waals surface area contributed by atoms with Crippen LogP contribution in [0.5, 0.6) is 0 Å². The Kier molecular flexibility index (Phi) is 2.46. The Morgan fingerprint density at radius 1 is 1.14 bits per heavy atom. The van der Waals surface area contributed by atoms with Crippen LogP contribution in [-0.2, 0) is 0 Å². The van der Waals surface area contributed by atoms with Gasteiger partial charge >= 0.3 is 0 Å². The van der Waals surface area contributed by atoms with E-state index in [1.54, 1.807) is 17.4 Å². The molecule has 2 aromatic heterocycles. The molecule has 0 aliphatic heterocycles. The van der Waals surface area contributed by atoms with E-state index in [-0.39, 0.29) is 0 Å². The van der Waals surface area contributed by atoms with Gasteiger partial charge in [0, 0.05) is 10.4 Å². The van der Waals surface area contributed by atoms with Gasteiger partial charge in [0.25, 0.3) is 0 Å². The van der Waals surface area contributed by atoms with Gasteiger partial charge in [-0.25, -0.2) is 4.98 Å². The zero-order valence-corrected chi connectivity index (χ0v) is 11.8. The minimum Gasteiger partial charge on any atom is -0.369 e. The van der Waals surface area contributed by atoms with Crippen molar-refractivity contribution in [3.8, 4) is 11.8 Å². The number of nitrogens with zero attached hydrogens (tertiary/aromatic N) is 3. The highest BCUT2D eigenvalue weighted by atomic mass is 32.1. The van der Waals surface area contributed by atoms with Crippen molar-refractivity contribution in [2.24, 2.45) is 0 Å². The van der Waals surface area contributed by atoms with E-state index >= 15 is 0 Å². The molecule has 0 aliphatic carbocycles. The van der Waals surface area contributed by atoms with Gasteiger partial charge in [-0.2, -0.15) is 5.26 Å². The Labute approximate surface area is 124 Å². The van der Waals surface area contributed by atoms with Crippen LogP contribution in [0.4, 0.5) is 5.95 Å². The van der Waals surface area contributed by atoms with Gasteiger partial charge in [0.05, 0.1) is 22.7 Å². The van der Waals surface area contributed by atoms with Crippen molar-refractivity contribution in [1.82, 2.24) is 9.55 Å². The van der Waals surface area contributed by atoms with Crippen LogP contribution in [0, 0.1) is 11.3 Å². The van der Waals surface area contributed by atoms with Gasteiger partial charge in [0.2, 0.25) is 5.95 Å². The number of hydrogen-bond donors (Lipinski definition) is 1. The van der Waals surface area contributed by atoms with E-state index in [4.69, 9.17) is 11.0 Å². The quantitative estimate of drug-likeness (QED) is 0.581. The highest BCUT2D eigenvalue weighted by molar-refractivity contribution is 7.17. The van der Waals surface area contributed by atoms with Gasteiger partial charge in [0.1, 0.15) is 0 Å². The van der Waals surface area contributed by atoms with Crippen LogP contribution >= 0.6 is 11.3 Å². The Hall–Kier alpha value is -2.84. The summed E-state index contributed by atoms with van der Waals surface area (Å²) in [5.41, 5.74) is 9.26. The second-order valence-corrected chi connectivity index (χ2v) is 5.71. The van der Waals surface area contributed by atoms with Crippen LogP contribution in [0.2, 0.25) is 0 Å². The fourth-order valence-corrected chi connectivity index (χ4v) is 3.30. The highest BCUT2D eigenvalue weighted by Crippen LogP contribution is 2.28. The minimum absolute atomic E-state index is 0.426. The van der Waals surface area contributed by atoms with E-state index in [1.165, 1.54) is 10.1 Å². The van der Waals surface area contributed by atoms with E-state index in [1.807, 2.05) is 22.8 Å². The number of thiophene rings is 1. The molecule has 0 amide bonds. The van der Waals surface area contributed by atoms with Crippen LogP contribution < -0.4 is 5.73 Å². The molecule has 100 valence electrons. The van der Waals surface area contributed by atoms with Crippen molar-refractivity contribution in [3.05, 3.63) is 53.4 Å². The van der Waals surface area contributed by atoms with E-state index in [0.717, 1.165) is 16.7 Å². The van der Waals surface area contributed by atoms with Gasteiger partial charge in [-0.1, -0.05) is 0 Å². The summed E-state index contributed by atoms with van der Waals surface area (Å²) in [7, 11) is 0. The number of imidazole rings is 1. The molecule has 0 bridgehead atoms. The van der Waals surface area contributed by atoms with Crippen LogP contribution in [-0.4, -0.2) is 9.55 Å². The number of aromatic nitrogens is 2. The zero-order chi connectivity index (χ0) is 14.4. The first kappa shape index (κ1) is 11.9. The fraction of sp³-hybridized carbons (Fsp3) is 0. The molecule has 0 spiro atoms. The molecule has 4 aromatic rings. The highest BCUT2D eigenvalue weighted by Gasteiger charge is 2.11. The summed E-state index contributed by atoms with van der Waals surface area (Å²) in [6.07, 6.45) is 0. The molecule has 5 heteroatoms. The van der Waals surface area contributed by atoms with Crippen molar-refractivity contribution < 1.29 is 0 Å². The third-order valence-electron chi connectivity index (χ3n) is 3.50. The largest absolute Gasteiger partial charge is 0.369 e. The van der Waals surface area contributed by atoms with Gasteiger partial charge in [-0.15, -0.1) is 11.3 Å². The SMILES string of the molecule is N#Cc1ccc2nc(N)n(-c3ccc4sccc4c3)c2c1. The van der Waals surface area contributed by atoms with Gasteiger partial charge in [-0.05, 0) is 53.2 Å². The number of nitrogen functional groups attached to an aromatic ring is 1. The monoisotopic (exact) mass is 290 g/mol. The first-order chi connectivity index (χ1) is 10.3. The van der Waals surface area contributed by atoms with Crippen molar-refractivity contribution >= 4 is 38.4 Å². The third kappa shape index (κ3) is 1.77. The first-order valence-corrected chi connectivity index (χ1v) is 7.30. The summed E-state index contributed by atoms with van der Waals surface area (Å²) in [4.78, 5) is 4.37. The number of hydrogen-bond acceptors (Lipinski definition) is 4. The van der Waals surface area contributed by atoms with Crippen molar-refractivity contribution in [2.45, 2.75) is 0 Å². The standard InChI is InChI=1S/C16H10N4S/c17-9-10-1-3-13-14(7-10)20(16(18)19-13)12-2-4-15-11(8-12)5-6-21-15/h1-8H,(H2,18,19). The molecule has 0 radical (unpaired) electrons. The molecule has 0 unspecified atom stereocenters. The van der Waals surface area contributed by atoms with Crippen molar-refractivity contribution in [3.63, 3.8) is 0 Å². The topological polar surface area (TPSA) is 67.6 Å². The second-order valence-electron chi connectivity index (χ2n) is 4.76. The Morgan fingerprint density at radius 2 is 2.05 bits per heavy atom. The first-order valence-electron chi connectivity index (χ1n) is 6.42. The maximum atomic E-state index is 9.07. The predicted molar refractivity (Wildman–Crippen MR) is 85.6 cm³/mol. The normalized spacial score (nSPS) is 11.0. The molecule has 4 rings (SSSR count). The van der Waals surface area contributed by atoms with E-state index < -0.39 is 0 Å². The predicted octanol–water partition coefficient (Wildman–Crippen LogP) is 3.69. The van der Waals surface area contributed by atoms with Crippen LogP contribution in [0.1, 0.15) is 5.56 Å². The molecule has 2 aromatic carbocycles. The second kappa shape index (κ2) is 4.33. The number of anilines is 1. The Bertz CT molecular complexity index is 1020. The lowest BCUT2D eigenvalue weighted by molar-refractivity contribution is 1.11. The van der Waals surface area contributed by atoms with Crippen LogP contribution in [0.15, 0.2) is 47.8 Å². The van der Waals surface area contributed by atoms with E-state index in [9.17, 15) is 0 Å². The number of nitrogens with two attached hydrogens (primary N) is 1. The number of benzene rings is 2. The Morgan fingerprint density at radius 3 is 2.90 bits per heavy atom. The fourth-order valence-electron chi connectivity index (χ4n) is 2.53. The summed E-state index contributed by atoms with van der Waals surface area (Å²) in [5.74, 6) is 0.426. The molecular weight excluding hydrogens is 280 g/mol. The summed E-state index contributed by atoms with van der Waals surface area (Å²) in [6.45, 7) is 0. The van der Waals surface area contributed by atoms with Crippen molar-refractivity contribution in [1.29, 1.82) is 5.26 Å². The summed E-state index contributed by atoms with van der Waals surface area (Å²) < 4.78 is 3.12. The third-order valence-corrected chi connectivity index (χ3v) is 4.40. The van der Waals surface area contributed by atoms with Gasteiger partial charge in [0.15, 0.2) is 0 Å². The van der Waals surface area contributed by atoms with Crippen molar-refractivity contribution in [2.75, 3.05) is 5.73 Å². The molecule has 0 fully saturated rings. The molecule has 2 N–H and O–H groups in total. The molecule has 2 heterocycles. The molecule has 0 saturated carbocycles. The van der Waals surface area contributed by atoms with Gasteiger partial charge in [-0.3, -0.25) is 4.57 Å². The molecule has 4 nitrogen and oxygen atoms in total.